The second kappa shape index (κ2) is 4.01. The van der Waals surface area contributed by atoms with E-state index in [1.807, 2.05) is 0 Å². The lowest BCUT2D eigenvalue weighted by atomic mass is 10.1. The molecule has 1 N–H and O–H groups in total. The lowest BCUT2D eigenvalue weighted by Gasteiger charge is -2.19. The summed E-state index contributed by atoms with van der Waals surface area (Å²) < 4.78 is 0. The summed E-state index contributed by atoms with van der Waals surface area (Å²) in [7, 11) is 0. The van der Waals surface area contributed by atoms with Gasteiger partial charge in [-0.05, 0) is 30.9 Å². The molecule has 0 saturated carbocycles. The number of para-hydroxylation sites is 1. The van der Waals surface area contributed by atoms with Crippen molar-refractivity contribution < 1.29 is 5.11 Å². The molecule has 1 aliphatic heterocycles. The summed E-state index contributed by atoms with van der Waals surface area (Å²) in [6.45, 7) is 4.63. The molecule has 0 aromatic heterocycles. The van der Waals surface area contributed by atoms with Gasteiger partial charge in [-0.25, -0.2) is 0 Å². The van der Waals surface area contributed by atoms with Crippen LogP contribution < -0.4 is 4.90 Å². The number of hydrogen-bond donors (Lipinski definition) is 1. The number of hydrogen-bond acceptors (Lipinski definition) is 2. The molecule has 0 spiro atoms. The summed E-state index contributed by atoms with van der Waals surface area (Å²) in [5.41, 5.74) is 4.12. The predicted molar refractivity (Wildman–Crippen MR) is 58.8 cm³/mol. The molecule has 0 fully saturated rings. The first kappa shape index (κ1) is 9.53. The van der Waals surface area contributed by atoms with Crippen LogP contribution in [0.25, 0.3) is 0 Å². The van der Waals surface area contributed by atoms with Crippen molar-refractivity contribution in [2.75, 3.05) is 24.6 Å². The topological polar surface area (TPSA) is 23.5 Å². The fourth-order valence-corrected chi connectivity index (χ4v) is 2.26. The highest BCUT2D eigenvalue weighted by Gasteiger charge is 2.19. The molecule has 1 aromatic rings. The molecule has 0 aliphatic carbocycles. The van der Waals surface area contributed by atoms with Crippen molar-refractivity contribution >= 4 is 5.69 Å². The fourth-order valence-electron chi connectivity index (χ4n) is 2.26. The van der Waals surface area contributed by atoms with Crippen LogP contribution in [0.3, 0.4) is 0 Å². The molecule has 2 nitrogen and oxygen atoms in total. The molecular weight excluding hydrogens is 174 g/mol. The van der Waals surface area contributed by atoms with Gasteiger partial charge in [-0.2, -0.15) is 0 Å². The van der Waals surface area contributed by atoms with Crippen LogP contribution in [0.4, 0.5) is 5.69 Å². The number of fused-ring (bicyclic) bond motifs is 1. The molecule has 2 heteroatoms. The van der Waals surface area contributed by atoms with Crippen LogP contribution in [-0.2, 0) is 12.8 Å². The molecule has 2 rings (SSSR count). The minimum absolute atomic E-state index is 0.244. The Bertz CT molecular complexity index is 322. The van der Waals surface area contributed by atoms with Crippen LogP contribution in [0, 0.1) is 0 Å². The van der Waals surface area contributed by atoms with E-state index in [0.717, 1.165) is 25.9 Å². The normalized spacial score (nSPS) is 14.6. The van der Waals surface area contributed by atoms with Gasteiger partial charge in [-0.3, -0.25) is 0 Å². The molecular formula is C12H17NO. The second-order valence-electron chi connectivity index (χ2n) is 3.73. The highest BCUT2D eigenvalue weighted by Crippen LogP contribution is 2.31. The molecule has 1 heterocycles. The van der Waals surface area contributed by atoms with Crippen LogP contribution in [0.1, 0.15) is 18.1 Å². The molecule has 1 aliphatic rings. The Kier molecular flexibility index (Phi) is 2.73. The Morgan fingerprint density at radius 2 is 2.29 bits per heavy atom. The van der Waals surface area contributed by atoms with Crippen LogP contribution in [0.2, 0.25) is 0 Å². The number of rotatable bonds is 3. The minimum Gasteiger partial charge on any atom is -0.396 e. The van der Waals surface area contributed by atoms with E-state index in [2.05, 4.69) is 30.0 Å². The van der Waals surface area contributed by atoms with Gasteiger partial charge in [-0.1, -0.05) is 18.2 Å². The molecule has 0 radical (unpaired) electrons. The molecule has 14 heavy (non-hydrogen) atoms. The monoisotopic (exact) mass is 191 g/mol. The zero-order valence-electron chi connectivity index (χ0n) is 8.66. The van der Waals surface area contributed by atoms with Crippen molar-refractivity contribution in [2.45, 2.75) is 19.8 Å². The molecule has 0 unspecified atom stereocenters. The Balaban J connectivity index is 2.38. The maximum absolute atomic E-state index is 8.99. The average molecular weight is 191 g/mol. The van der Waals surface area contributed by atoms with E-state index in [1.165, 1.54) is 16.8 Å². The number of likely N-dealkylation sites (N-methyl/N-ethyl adjacent to an activating group) is 1. The van der Waals surface area contributed by atoms with Crippen molar-refractivity contribution in [1.82, 2.24) is 0 Å². The standard InChI is InChI=1S/C12H17NO/c1-2-13-8-6-10-4-3-5-11(7-9-14)12(10)13/h3-5,14H,2,6-9H2,1H3. The number of benzene rings is 1. The lowest BCUT2D eigenvalue weighted by molar-refractivity contribution is 0.299. The maximum Gasteiger partial charge on any atom is 0.0472 e. The minimum atomic E-state index is 0.244. The second-order valence-corrected chi connectivity index (χ2v) is 3.73. The van der Waals surface area contributed by atoms with Gasteiger partial charge < -0.3 is 10.0 Å². The Labute approximate surface area is 85.2 Å². The van der Waals surface area contributed by atoms with Gasteiger partial charge in [0, 0.05) is 25.4 Å². The van der Waals surface area contributed by atoms with Gasteiger partial charge in [0.2, 0.25) is 0 Å². The van der Waals surface area contributed by atoms with E-state index in [1.54, 1.807) is 0 Å². The molecule has 0 atom stereocenters. The number of aliphatic hydroxyl groups excluding tert-OH is 1. The molecule has 0 saturated heterocycles. The summed E-state index contributed by atoms with van der Waals surface area (Å²) in [5, 5.41) is 8.99. The van der Waals surface area contributed by atoms with E-state index in [9.17, 15) is 0 Å². The largest absolute Gasteiger partial charge is 0.396 e. The number of anilines is 1. The summed E-state index contributed by atoms with van der Waals surface area (Å²) in [5.74, 6) is 0. The van der Waals surface area contributed by atoms with E-state index < -0.39 is 0 Å². The van der Waals surface area contributed by atoms with Crippen molar-refractivity contribution in [3.8, 4) is 0 Å². The SMILES string of the molecule is CCN1CCc2cccc(CCO)c21. The van der Waals surface area contributed by atoms with Crippen LogP contribution >= 0.6 is 0 Å². The van der Waals surface area contributed by atoms with Crippen LogP contribution in [0.5, 0.6) is 0 Å². The number of nitrogens with zero attached hydrogens (tertiary/aromatic N) is 1. The van der Waals surface area contributed by atoms with Crippen molar-refractivity contribution in [3.05, 3.63) is 29.3 Å². The van der Waals surface area contributed by atoms with Gasteiger partial charge >= 0.3 is 0 Å². The summed E-state index contributed by atoms with van der Waals surface area (Å²) >= 11 is 0. The maximum atomic E-state index is 8.99. The summed E-state index contributed by atoms with van der Waals surface area (Å²) in [6, 6.07) is 6.43. The van der Waals surface area contributed by atoms with Crippen molar-refractivity contribution in [3.63, 3.8) is 0 Å². The highest BCUT2D eigenvalue weighted by atomic mass is 16.2. The molecule has 0 bridgehead atoms. The van der Waals surface area contributed by atoms with Crippen LogP contribution in [-0.4, -0.2) is 24.8 Å². The summed E-state index contributed by atoms with van der Waals surface area (Å²) in [6.07, 6.45) is 1.93. The zero-order chi connectivity index (χ0) is 9.97. The number of aliphatic hydroxyl groups is 1. The third-order valence-corrected chi connectivity index (χ3v) is 2.93. The molecule has 1 aromatic carbocycles. The van der Waals surface area contributed by atoms with E-state index in [0.29, 0.717) is 0 Å². The van der Waals surface area contributed by atoms with Gasteiger partial charge in [0.1, 0.15) is 0 Å². The highest BCUT2D eigenvalue weighted by molar-refractivity contribution is 5.63. The Morgan fingerprint density at radius 3 is 3.00 bits per heavy atom. The van der Waals surface area contributed by atoms with E-state index in [-0.39, 0.29) is 6.61 Å². The Morgan fingerprint density at radius 1 is 1.43 bits per heavy atom. The quantitative estimate of drug-likeness (QED) is 0.784. The van der Waals surface area contributed by atoms with Crippen molar-refractivity contribution in [1.29, 1.82) is 0 Å². The van der Waals surface area contributed by atoms with E-state index in [4.69, 9.17) is 5.11 Å². The van der Waals surface area contributed by atoms with Gasteiger partial charge in [0.05, 0.1) is 0 Å². The molecule has 76 valence electrons. The lowest BCUT2D eigenvalue weighted by Crippen LogP contribution is -2.20. The van der Waals surface area contributed by atoms with Gasteiger partial charge in [0.15, 0.2) is 0 Å². The summed E-state index contributed by atoms with van der Waals surface area (Å²) in [4.78, 5) is 2.40. The average Bonchev–Trinajstić information content (AvgIpc) is 2.62. The van der Waals surface area contributed by atoms with Crippen LogP contribution in [0.15, 0.2) is 18.2 Å². The predicted octanol–water partition coefficient (Wildman–Crippen LogP) is 1.60. The first-order valence-corrected chi connectivity index (χ1v) is 5.33. The van der Waals surface area contributed by atoms with Gasteiger partial charge in [-0.15, -0.1) is 0 Å². The third-order valence-electron chi connectivity index (χ3n) is 2.93. The first-order chi connectivity index (χ1) is 6.86. The third kappa shape index (κ3) is 1.50. The first-order valence-electron chi connectivity index (χ1n) is 5.33. The smallest absolute Gasteiger partial charge is 0.0472 e. The Hall–Kier alpha value is -1.02. The van der Waals surface area contributed by atoms with Gasteiger partial charge in [0.25, 0.3) is 0 Å². The van der Waals surface area contributed by atoms with Crippen molar-refractivity contribution in [2.24, 2.45) is 0 Å². The van der Waals surface area contributed by atoms with E-state index >= 15 is 0 Å². The zero-order valence-corrected chi connectivity index (χ0v) is 8.66. The fraction of sp³-hybridized carbons (Fsp3) is 0.500. The molecule has 0 amide bonds.